The van der Waals surface area contributed by atoms with Crippen LogP contribution in [0.2, 0.25) is 0 Å². The van der Waals surface area contributed by atoms with Gasteiger partial charge in [0, 0.05) is 27.8 Å². The predicted octanol–water partition coefficient (Wildman–Crippen LogP) is 8.06. The molecular formula is C33H31N3O. The number of phenols is 1. The fourth-order valence-corrected chi connectivity index (χ4v) is 5.44. The Morgan fingerprint density at radius 2 is 1.43 bits per heavy atom. The molecule has 4 nitrogen and oxygen atoms in total. The molecule has 0 atom stereocenters. The number of phenolic OH excluding ortho intramolecular Hbond substituents is 1. The van der Waals surface area contributed by atoms with Crippen molar-refractivity contribution in [2.45, 2.75) is 45.4 Å². The van der Waals surface area contributed by atoms with E-state index in [1.165, 1.54) is 16.3 Å². The Hall–Kier alpha value is -4.18. The summed E-state index contributed by atoms with van der Waals surface area (Å²) in [6.07, 6.45) is 1.83. The van der Waals surface area contributed by atoms with Crippen molar-refractivity contribution in [3.8, 4) is 11.6 Å². The minimum atomic E-state index is -0.391. The molecule has 4 heteroatoms. The molecule has 0 radical (unpaired) electrons. The van der Waals surface area contributed by atoms with Gasteiger partial charge in [-0.3, -0.25) is 4.57 Å². The zero-order valence-corrected chi connectivity index (χ0v) is 21.9. The first-order valence-electron chi connectivity index (χ1n) is 12.7. The van der Waals surface area contributed by atoms with Crippen LogP contribution in [0.15, 0.2) is 91.1 Å². The number of aromatic hydroxyl groups is 1. The van der Waals surface area contributed by atoms with Gasteiger partial charge >= 0.3 is 0 Å². The summed E-state index contributed by atoms with van der Waals surface area (Å²) in [6, 6.07) is 29.2. The molecule has 0 amide bonds. The lowest BCUT2D eigenvalue weighted by Gasteiger charge is -2.27. The topological polar surface area (TPSA) is 50.9 Å². The molecule has 184 valence electrons. The van der Waals surface area contributed by atoms with E-state index >= 15 is 0 Å². The lowest BCUT2D eigenvalue weighted by atomic mass is 9.80. The molecule has 0 bridgehead atoms. The summed E-state index contributed by atoms with van der Waals surface area (Å²) in [5.41, 5.74) is 5.71. The Labute approximate surface area is 217 Å². The third-order valence-corrected chi connectivity index (χ3v) is 7.56. The van der Waals surface area contributed by atoms with Crippen molar-refractivity contribution < 1.29 is 5.11 Å². The van der Waals surface area contributed by atoms with E-state index in [1.54, 1.807) is 6.07 Å². The minimum absolute atomic E-state index is 0.0470. The highest BCUT2D eigenvalue weighted by atomic mass is 16.3. The Balaban J connectivity index is 1.56. The average Bonchev–Trinajstić information content (AvgIpc) is 3.22. The van der Waals surface area contributed by atoms with Gasteiger partial charge in [-0.15, -0.1) is 0 Å². The van der Waals surface area contributed by atoms with Gasteiger partial charge in [0.1, 0.15) is 17.1 Å². The molecule has 0 aliphatic heterocycles. The van der Waals surface area contributed by atoms with Gasteiger partial charge in [0.05, 0.1) is 16.7 Å². The molecule has 3 aromatic carbocycles. The minimum Gasteiger partial charge on any atom is -0.506 e. The van der Waals surface area contributed by atoms with Crippen LogP contribution in [0.3, 0.4) is 0 Å². The van der Waals surface area contributed by atoms with Crippen LogP contribution in [0.25, 0.3) is 38.5 Å². The summed E-state index contributed by atoms with van der Waals surface area (Å²) < 4.78 is 2.24. The third kappa shape index (κ3) is 3.67. The fraction of sp³-hybridized carbons (Fsp3) is 0.212. The zero-order valence-electron chi connectivity index (χ0n) is 21.9. The quantitative estimate of drug-likeness (QED) is 0.276. The lowest BCUT2D eigenvalue weighted by molar-refractivity contribution is 0.479. The smallest absolute Gasteiger partial charge is 0.141 e. The van der Waals surface area contributed by atoms with E-state index in [4.69, 9.17) is 4.98 Å². The molecule has 0 unspecified atom stereocenters. The van der Waals surface area contributed by atoms with Gasteiger partial charge in [-0.1, -0.05) is 83.1 Å². The molecule has 1 N–H and O–H groups in total. The molecule has 0 spiro atoms. The highest BCUT2D eigenvalue weighted by molar-refractivity contribution is 6.09. The Kier molecular flexibility index (Phi) is 5.13. The van der Waals surface area contributed by atoms with Crippen LogP contribution in [0.1, 0.15) is 51.4 Å². The van der Waals surface area contributed by atoms with Gasteiger partial charge in [0.2, 0.25) is 0 Å². The number of pyridine rings is 2. The van der Waals surface area contributed by atoms with E-state index in [2.05, 4.69) is 98.8 Å². The fourth-order valence-electron chi connectivity index (χ4n) is 5.44. The molecular weight excluding hydrogens is 454 g/mol. The number of para-hydroxylation sites is 1. The molecule has 6 aromatic rings. The SMILES string of the molecule is CC(C)(C)c1ccc(O)c2nc(C(C)(C)c3ccc4c5ccccc5n(-c5ccccn5)c4c3)ccc12. The number of rotatable bonds is 3. The van der Waals surface area contributed by atoms with E-state index in [1.807, 2.05) is 30.5 Å². The zero-order chi connectivity index (χ0) is 25.9. The first kappa shape index (κ1) is 23.2. The summed E-state index contributed by atoms with van der Waals surface area (Å²) in [5, 5.41) is 14.1. The summed E-state index contributed by atoms with van der Waals surface area (Å²) in [7, 11) is 0. The molecule has 0 fully saturated rings. The average molecular weight is 486 g/mol. The standard InChI is InChI=1S/C33H31N3O/c1-32(2,3)25-16-17-28(37)31-24(25)15-18-29(35-31)33(4,5)21-13-14-23-22-10-6-7-11-26(22)36(27(23)20-21)30-12-8-9-19-34-30/h6-20,37H,1-5H3. The molecule has 3 aromatic heterocycles. The maximum atomic E-state index is 10.7. The molecule has 0 aliphatic rings. The Morgan fingerprint density at radius 3 is 2.19 bits per heavy atom. The molecule has 0 aliphatic carbocycles. The van der Waals surface area contributed by atoms with Gasteiger partial charge < -0.3 is 5.11 Å². The van der Waals surface area contributed by atoms with Gasteiger partial charge in [-0.05, 0) is 52.9 Å². The first-order chi connectivity index (χ1) is 17.7. The summed E-state index contributed by atoms with van der Waals surface area (Å²) in [4.78, 5) is 9.70. The van der Waals surface area contributed by atoms with Crippen molar-refractivity contribution in [2.24, 2.45) is 0 Å². The number of nitrogens with zero attached hydrogens (tertiary/aromatic N) is 3. The van der Waals surface area contributed by atoms with Crippen LogP contribution in [-0.4, -0.2) is 19.6 Å². The van der Waals surface area contributed by atoms with Crippen molar-refractivity contribution in [1.82, 2.24) is 14.5 Å². The molecule has 3 heterocycles. The second kappa shape index (κ2) is 8.17. The maximum Gasteiger partial charge on any atom is 0.141 e. The number of hydrogen-bond donors (Lipinski definition) is 1. The monoisotopic (exact) mass is 485 g/mol. The maximum absolute atomic E-state index is 10.7. The van der Waals surface area contributed by atoms with Crippen molar-refractivity contribution >= 4 is 32.7 Å². The third-order valence-electron chi connectivity index (χ3n) is 7.56. The normalized spacial score (nSPS) is 12.6. The van der Waals surface area contributed by atoms with Gasteiger partial charge in [-0.2, -0.15) is 0 Å². The summed E-state index contributed by atoms with van der Waals surface area (Å²) in [5.74, 6) is 1.11. The molecule has 37 heavy (non-hydrogen) atoms. The van der Waals surface area contributed by atoms with Crippen LogP contribution in [0.4, 0.5) is 0 Å². The summed E-state index contributed by atoms with van der Waals surface area (Å²) in [6.45, 7) is 11.0. The van der Waals surface area contributed by atoms with Gasteiger partial charge in [0.15, 0.2) is 0 Å². The second-order valence-corrected chi connectivity index (χ2v) is 11.4. The molecule has 0 saturated carbocycles. The van der Waals surface area contributed by atoms with E-state index in [-0.39, 0.29) is 11.2 Å². The van der Waals surface area contributed by atoms with Crippen LogP contribution in [-0.2, 0) is 10.8 Å². The largest absolute Gasteiger partial charge is 0.506 e. The van der Waals surface area contributed by atoms with Gasteiger partial charge in [0.25, 0.3) is 0 Å². The van der Waals surface area contributed by atoms with E-state index in [9.17, 15) is 5.11 Å². The van der Waals surface area contributed by atoms with Crippen molar-refractivity contribution in [2.75, 3.05) is 0 Å². The number of benzene rings is 3. The van der Waals surface area contributed by atoms with E-state index < -0.39 is 5.41 Å². The molecule has 0 saturated heterocycles. The van der Waals surface area contributed by atoms with Gasteiger partial charge in [-0.25, -0.2) is 9.97 Å². The predicted molar refractivity (Wildman–Crippen MR) is 153 cm³/mol. The number of fused-ring (bicyclic) bond motifs is 4. The summed E-state index contributed by atoms with van der Waals surface area (Å²) >= 11 is 0. The highest BCUT2D eigenvalue weighted by Gasteiger charge is 2.28. The van der Waals surface area contributed by atoms with E-state index in [0.29, 0.717) is 5.52 Å². The van der Waals surface area contributed by atoms with Crippen molar-refractivity contribution in [3.63, 3.8) is 0 Å². The van der Waals surface area contributed by atoms with Crippen LogP contribution >= 0.6 is 0 Å². The highest BCUT2D eigenvalue weighted by Crippen LogP contribution is 2.39. The number of hydrogen-bond acceptors (Lipinski definition) is 3. The van der Waals surface area contributed by atoms with Crippen LogP contribution < -0.4 is 0 Å². The van der Waals surface area contributed by atoms with E-state index in [0.717, 1.165) is 33.5 Å². The van der Waals surface area contributed by atoms with Crippen LogP contribution in [0, 0.1) is 0 Å². The van der Waals surface area contributed by atoms with Crippen LogP contribution in [0.5, 0.6) is 5.75 Å². The second-order valence-electron chi connectivity index (χ2n) is 11.4. The Bertz CT molecular complexity index is 1790. The Morgan fingerprint density at radius 1 is 0.703 bits per heavy atom. The number of aromatic nitrogens is 3. The van der Waals surface area contributed by atoms with Crippen molar-refractivity contribution in [3.05, 3.63) is 108 Å². The first-order valence-corrected chi connectivity index (χ1v) is 12.7. The van der Waals surface area contributed by atoms with Crippen molar-refractivity contribution in [1.29, 1.82) is 0 Å². The lowest BCUT2D eigenvalue weighted by Crippen LogP contribution is -2.21. The molecule has 6 rings (SSSR count).